The predicted molar refractivity (Wildman–Crippen MR) is 109 cm³/mol. The summed E-state index contributed by atoms with van der Waals surface area (Å²) in [4.78, 5) is 14.2. The summed E-state index contributed by atoms with van der Waals surface area (Å²) in [6, 6.07) is 6.26. The molecule has 0 aliphatic carbocycles. The summed E-state index contributed by atoms with van der Waals surface area (Å²) >= 11 is 0. The molecule has 27 heavy (non-hydrogen) atoms. The summed E-state index contributed by atoms with van der Waals surface area (Å²) in [6.07, 6.45) is 5.44. The van der Waals surface area contributed by atoms with E-state index in [0.717, 1.165) is 48.4 Å². The number of nitrogens with zero attached hydrogens (tertiary/aromatic N) is 2. The van der Waals surface area contributed by atoms with Crippen LogP contribution >= 0.6 is 0 Å². The molecule has 0 bridgehead atoms. The zero-order chi connectivity index (χ0) is 20.0. The van der Waals surface area contributed by atoms with Crippen LogP contribution in [-0.2, 0) is 4.74 Å². The minimum absolute atomic E-state index is 0.316. The number of methoxy groups -OCH3 is 1. The largest absolute Gasteiger partial charge is 0.465 e. The lowest BCUT2D eigenvalue weighted by Crippen LogP contribution is -2.38. The summed E-state index contributed by atoms with van der Waals surface area (Å²) < 4.78 is 4.88. The molecule has 1 saturated heterocycles. The highest BCUT2D eigenvalue weighted by Gasteiger charge is 2.21. The van der Waals surface area contributed by atoms with E-state index in [9.17, 15) is 4.79 Å². The van der Waals surface area contributed by atoms with Gasteiger partial charge in [-0.2, -0.15) is 5.26 Å². The van der Waals surface area contributed by atoms with Crippen LogP contribution in [0.1, 0.15) is 34.3 Å². The summed E-state index contributed by atoms with van der Waals surface area (Å²) in [5.41, 5.74) is 4.94. The van der Waals surface area contributed by atoms with E-state index in [1.54, 1.807) is 12.2 Å². The Morgan fingerprint density at radius 2 is 2.00 bits per heavy atom. The van der Waals surface area contributed by atoms with E-state index in [4.69, 9.17) is 10.00 Å². The van der Waals surface area contributed by atoms with Crippen molar-refractivity contribution in [1.82, 2.24) is 4.90 Å². The van der Waals surface area contributed by atoms with Crippen LogP contribution in [0.5, 0.6) is 0 Å². The van der Waals surface area contributed by atoms with E-state index in [0.29, 0.717) is 17.2 Å². The fraction of sp³-hybridized carbons (Fsp3) is 0.364. The molecule has 0 spiro atoms. The smallest absolute Gasteiger partial charge is 0.338 e. The second-order valence-electron chi connectivity index (χ2n) is 6.79. The standard InChI is InChI=1S/C22H27N3O2/c1-6-19(11-15(2)14-23)25-9-7-18(8-10-25)24-21-13-20(22(26)27-5)16(3)12-17(21)4/h6,11-13,18,24H,1-2,7-10H2,3-5H3/b19-11+. The Balaban J connectivity index is 2.07. The van der Waals surface area contributed by atoms with Crippen molar-refractivity contribution in [3.05, 3.63) is 65.4 Å². The number of carbonyl (C=O) groups excluding carboxylic acids is 1. The average molecular weight is 365 g/mol. The van der Waals surface area contributed by atoms with E-state index < -0.39 is 0 Å². The molecule has 1 N–H and O–H groups in total. The number of piperidine rings is 1. The highest BCUT2D eigenvalue weighted by molar-refractivity contribution is 5.92. The molecule has 1 heterocycles. The van der Waals surface area contributed by atoms with Crippen LogP contribution in [0, 0.1) is 25.2 Å². The first-order chi connectivity index (χ1) is 12.9. The van der Waals surface area contributed by atoms with Crippen molar-refractivity contribution in [2.45, 2.75) is 32.7 Å². The van der Waals surface area contributed by atoms with Crippen LogP contribution < -0.4 is 5.32 Å². The lowest BCUT2D eigenvalue weighted by molar-refractivity contribution is 0.0600. The van der Waals surface area contributed by atoms with Crippen LogP contribution in [0.25, 0.3) is 0 Å². The van der Waals surface area contributed by atoms with Gasteiger partial charge in [-0.05, 0) is 56.0 Å². The van der Waals surface area contributed by atoms with Gasteiger partial charge in [-0.1, -0.05) is 19.2 Å². The molecule has 1 aromatic rings. The Labute approximate surface area is 161 Å². The maximum Gasteiger partial charge on any atom is 0.338 e. The molecule has 2 rings (SSSR count). The first kappa shape index (κ1) is 20.3. The molecule has 1 fully saturated rings. The average Bonchev–Trinajstić information content (AvgIpc) is 2.68. The number of benzene rings is 1. The highest BCUT2D eigenvalue weighted by atomic mass is 16.5. The van der Waals surface area contributed by atoms with Gasteiger partial charge in [0.2, 0.25) is 0 Å². The topological polar surface area (TPSA) is 65.4 Å². The first-order valence-corrected chi connectivity index (χ1v) is 9.03. The molecule has 0 unspecified atom stereocenters. The summed E-state index contributed by atoms with van der Waals surface area (Å²) in [7, 11) is 1.40. The molecule has 142 valence electrons. The van der Waals surface area contributed by atoms with Crippen LogP contribution in [0.3, 0.4) is 0 Å². The second kappa shape index (κ2) is 9.09. The third-order valence-electron chi connectivity index (χ3n) is 4.87. The number of carbonyl (C=O) groups is 1. The number of nitrogens with one attached hydrogen (secondary N) is 1. The van der Waals surface area contributed by atoms with E-state index in [-0.39, 0.29) is 5.97 Å². The van der Waals surface area contributed by atoms with Crippen molar-refractivity contribution in [2.75, 3.05) is 25.5 Å². The van der Waals surface area contributed by atoms with Crippen molar-refractivity contribution in [1.29, 1.82) is 5.26 Å². The van der Waals surface area contributed by atoms with Crippen LogP contribution in [0.15, 0.2) is 48.7 Å². The molecule has 1 aliphatic rings. The number of anilines is 1. The van der Waals surface area contributed by atoms with Gasteiger partial charge in [0.1, 0.15) is 0 Å². The first-order valence-electron chi connectivity index (χ1n) is 9.03. The number of ether oxygens (including phenoxy) is 1. The van der Waals surface area contributed by atoms with Gasteiger partial charge in [-0.3, -0.25) is 0 Å². The maximum atomic E-state index is 12.0. The van der Waals surface area contributed by atoms with Gasteiger partial charge in [0.15, 0.2) is 0 Å². The molecule has 5 heteroatoms. The van der Waals surface area contributed by atoms with Gasteiger partial charge in [0.05, 0.1) is 18.7 Å². The van der Waals surface area contributed by atoms with Crippen molar-refractivity contribution in [3.63, 3.8) is 0 Å². The Bertz CT molecular complexity index is 810. The molecule has 1 aromatic carbocycles. The zero-order valence-corrected chi connectivity index (χ0v) is 16.3. The Hall–Kier alpha value is -3.00. The lowest BCUT2D eigenvalue weighted by atomic mass is 10.00. The van der Waals surface area contributed by atoms with Crippen LogP contribution in [0.2, 0.25) is 0 Å². The molecule has 1 aliphatic heterocycles. The monoisotopic (exact) mass is 365 g/mol. The highest BCUT2D eigenvalue weighted by Crippen LogP contribution is 2.25. The van der Waals surface area contributed by atoms with Gasteiger partial charge < -0.3 is 15.0 Å². The predicted octanol–water partition coefficient (Wildman–Crippen LogP) is 4.12. The number of hydrogen-bond donors (Lipinski definition) is 1. The van der Waals surface area contributed by atoms with Crippen LogP contribution in [0.4, 0.5) is 5.69 Å². The normalized spacial score (nSPS) is 15.0. The van der Waals surface area contributed by atoms with Gasteiger partial charge in [0, 0.05) is 36.1 Å². The number of nitriles is 1. The fourth-order valence-corrected chi connectivity index (χ4v) is 3.33. The van der Waals surface area contributed by atoms with E-state index in [1.807, 2.05) is 32.0 Å². The maximum absolute atomic E-state index is 12.0. The molecule has 0 aromatic heterocycles. The number of esters is 1. The molecule has 0 atom stereocenters. The van der Waals surface area contributed by atoms with Gasteiger partial charge in [-0.15, -0.1) is 0 Å². The Morgan fingerprint density at radius 1 is 1.33 bits per heavy atom. The van der Waals surface area contributed by atoms with Crippen molar-refractivity contribution in [2.24, 2.45) is 0 Å². The van der Waals surface area contributed by atoms with Gasteiger partial charge >= 0.3 is 5.97 Å². The van der Waals surface area contributed by atoms with Crippen molar-refractivity contribution >= 4 is 11.7 Å². The number of likely N-dealkylation sites (tertiary alicyclic amines) is 1. The lowest BCUT2D eigenvalue weighted by Gasteiger charge is -2.35. The molecule has 0 radical (unpaired) electrons. The summed E-state index contributed by atoms with van der Waals surface area (Å²) in [5, 5.41) is 12.5. The van der Waals surface area contributed by atoms with E-state index >= 15 is 0 Å². The van der Waals surface area contributed by atoms with Gasteiger partial charge in [-0.25, -0.2) is 4.79 Å². The molecule has 5 nitrogen and oxygen atoms in total. The van der Waals surface area contributed by atoms with Crippen LogP contribution in [-0.4, -0.2) is 37.1 Å². The molecule has 0 amide bonds. The molecule has 0 saturated carbocycles. The van der Waals surface area contributed by atoms with E-state index in [1.165, 1.54) is 7.11 Å². The Morgan fingerprint density at radius 3 is 2.56 bits per heavy atom. The third-order valence-corrected chi connectivity index (χ3v) is 4.87. The Kier molecular flexibility index (Phi) is 6.84. The SMILES string of the molecule is C=C/C(=C\C(=C)C#N)N1CCC(Nc2cc(C(=O)OC)c(C)cc2C)CC1. The second-order valence-corrected chi connectivity index (χ2v) is 6.79. The third kappa shape index (κ3) is 5.01. The minimum atomic E-state index is -0.316. The summed E-state index contributed by atoms with van der Waals surface area (Å²) in [5.74, 6) is -0.316. The quantitative estimate of drug-likeness (QED) is 0.467. The van der Waals surface area contributed by atoms with Gasteiger partial charge in [0.25, 0.3) is 0 Å². The fourth-order valence-electron chi connectivity index (χ4n) is 3.33. The van der Waals surface area contributed by atoms with Crippen molar-refractivity contribution < 1.29 is 9.53 Å². The number of allylic oxidation sites excluding steroid dienone is 3. The molecular formula is C22H27N3O2. The summed E-state index contributed by atoms with van der Waals surface area (Å²) in [6.45, 7) is 13.2. The van der Waals surface area contributed by atoms with Crippen molar-refractivity contribution in [3.8, 4) is 6.07 Å². The van der Waals surface area contributed by atoms with E-state index in [2.05, 4.69) is 23.4 Å². The number of hydrogen-bond acceptors (Lipinski definition) is 5. The number of rotatable bonds is 6. The number of aryl methyl sites for hydroxylation is 2. The zero-order valence-electron chi connectivity index (χ0n) is 16.3. The minimum Gasteiger partial charge on any atom is -0.465 e. The molecular weight excluding hydrogens is 338 g/mol.